The molecule has 0 N–H and O–H groups in total. The van der Waals surface area contributed by atoms with Gasteiger partial charge in [-0.15, -0.1) is 0 Å². The molecule has 0 radical (unpaired) electrons. The van der Waals surface area contributed by atoms with E-state index in [0.717, 1.165) is 18.8 Å². The van der Waals surface area contributed by atoms with Crippen LogP contribution in [-0.2, 0) is 12.0 Å². The highest BCUT2D eigenvalue weighted by molar-refractivity contribution is 5.66. The van der Waals surface area contributed by atoms with Crippen molar-refractivity contribution in [2.45, 2.75) is 31.5 Å². The van der Waals surface area contributed by atoms with Gasteiger partial charge in [0.15, 0.2) is 0 Å². The van der Waals surface area contributed by atoms with E-state index in [4.69, 9.17) is 4.74 Å². The van der Waals surface area contributed by atoms with Crippen molar-refractivity contribution in [2.75, 3.05) is 25.6 Å². The van der Waals surface area contributed by atoms with E-state index < -0.39 is 0 Å². The van der Waals surface area contributed by atoms with Crippen LogP contribution in [-0.4, -0.2) is 31.8 Å². The van der Waals surface area contributed by atoms with Gasteiger partial charge in [-0.1, -0.05) is 37.3 Å². The number of anilines is 1. The Bertz CT molecular complexity index is 715. The van der Waals surface area contributed by atoms with Crippen LogP contribution in [0.2, 0.25) is 0 Å². The maximum absolute atomic E-state index is 5.48. The Balaban J connectivity index is 1.80. The first-order chi connectivity index (χ1) is 11.1. The highest BCUT2D eigenvalue weighted by atomic mass is 16.5. The molecule has 2 aromatic rings. The van der Waals surface area contributed by atoms with Crippen LogP contribution in [0.1, 0.15) is 24.5 Å². The number of likely N-dealkylation sites (tertiary alicyclic amines) is 1. The number of ether oxygens (including phenoxy) is 1. The summed E-state index contributed by atoms with van der Waals surface area (Å²) in [4.78, 5) is 5.06. The van der Waals surface area contributed by atoms with Crippen LogP contribution >= 0.6 is 0 Å². The number of methoxy groups -OCH3 is 1. The van der Waals surface area contributed by atoms with E-state index in [1.165, 1.54) is 23.2 Å². The number of likely N-dealkylation sites (N-methyl/N-ethyl adjacent to an activating group) is 1. The lowest BCUT2D eigenvalue weighted by Gasteiger charge is -2.35. The molecule has 1 fully saturated rings. The Kier molecular flexibility index (Phi) is 3.34. The van der Waals surface area contributed by atoms with Crippen molar-refractivity contribution in [3.63, 3.8) is 0 Å². The first-order valence-electron chi connectivity index (χ1n) is 8.33. The molecule has 0 aliphatic carbocycles. The zero-order chi connectivity index (χ0) is 16.0. The van der Waals surface area contributed by atoms with Crippen molar-refractivity contribution >= 4 is 5.69 Å². The van der Waals surface area contributed by atoms with E-state index in [2.05, 4.69) is 72.3 Å². The molecule has 2 aliphatic rings. The molecular formula is C20H24N2O. The minimum absolute atomic E-state index is 0.174. The van der Waals surface area contributed by atoms with Gasteiger partial charge in [0.1, 0.15) is 5.75 Å². The molecule has 120 valence electrons. The Labute approximate surface area is 138 Å². The van der Waals surface area contributed by atoms with Crippen LogP contribution in [0.15, 0.2) is 48.5 Å². The van der Waals surface area contributed by atoms with Gasteiger partial charge >= 0.3 is 0 Å². The highest BCUT2D eigenvalue weighted by Gasteiger charge is 2.53. The molecular weight excluding hydrogens is 284 g/mol. The topological polar surface area (TPSA) is 15.7 Å². The van der Waals surface area contributed by atoms with Gasteiger partial charge in [0.2, 0.25) is 0 Å². The van der Waals surface area contributed by atoms with E-state index in [1.54, 1.807) is 7.11 Å². The number of hydrogen-bond acceptors (Lipinski definition) is 3. The summed E-state index contributed by atoms with van der Waals surface area (Å²) in [5.41, 5.74) is 4.32. The third kappa shape index (κ3) is 2.14. The number of rotatable bonds is 3. The van der Waals surface area contributed by atoms with Crippen molar-refractivity contribution in [3.8, 4) is 5.75 Å². The first-order valence-corrected chi connectivity index (χ1v) is 8.33. The summed E-state index contributed by atoms with van der Waals surface area (Å²) < 4.78 is 5.48. The SMILES string of the molecule is COc1ccc2c(c1)[C@]1(C)CCN(C)C1N2Cc1ccccc1. The molecule has 23 heavy (non-hydrogen) atoms. The number of fused-ring (bicyclic) bond motifs is 3. The predicted molar refractivity (Wildman–Crippen MR) is 94.0 cm³/mol. The standard InChI is InChI=1S/C20H24N2O/c1-20-11-12-21(2)19(20)22(14-15-7-5-4-6-8-15)18-10-9-16(23-3)13-17(18)20/h4-10,13,19H,11-12,14H2,1-3H3/t19?,20-/m0/s1. The van der Waals surface area contributed by atoms with E-state index in [1.807, 2.05) is 0 Å². The van der Waals surface area contributed by atoms with Crippen LogP contribution in [0.3, 0.4) is 0 Å². The van der Waals surface area contributed by atoms with Crippen molar-refractivity contribution in [3.05, 3.63) is 59.7 Å². The molecule has 0 spiro atoms. The molecule has 4 rings (SSSR count). The molecule has 2 atom stereocenters. The predicted octanol–water partition coefficient (Wildman–Crippen LogP) is 3.63. The Morgan fingerprint density at radius 2 is 1.96 bits per heavy atom. The van der Waals surface area contributed by atoms with Gasteiger partial charge in [-0.25, -0.2) is 0 Å². The van der Waals surface area contributed by atoms with Crippen molar-refractivity contribution in [1.82, 2.24) is 4.90 Å². The average Bonchev–Trinajstić information content (AvgIpc) is 3.01. The quantitative estimate of drug-likeness (QED) is 0.861. The van der Waals surface area contributed by atoms with Gasteiger partial charge in [0.25, 0.3) is 0 Å². The van der Waals surface area contributed by atoms with Gasteiger partial charge in [-0.05, 0) is 42.8 Å². The first kappa shape index (κ1) is 14.6. The van der Waals surface area contributed by atoms with E-state index in [0.29, 0.717) is 6.17 Å². The number of hydrogen-bond donors (Lipinski definition) is 0. The minimum atomic E-state index is 0.174. The fourth-order valence-corrected chi connectivity index (χ4v) is 4.44. The minimum Gasteiger partial charge on any atom is -0.497 e. The molecule has 3 heteroatoms. The van der Waals surface area contributed by atoms with Crippen molar-refractivity contribution in [2.24, 2.45) is 0 Å². The van der Waals surface area contributed by atoms with E-state index in [-0.39, 0.29) is 5.41 Å². The van der Waals surface area contributed by atoms with Gasteiger partial charge < -0.3 is 9.64 Å². The van der Waals surface area contributed by atoms with Gasteiger partial charge in [-0.3, -0.25) is 4.90 Å². The molecule has 2 aromatic carbocycles. The average molecular weight is 308 g/mol. The molecule has 0 amide bonds. The molecule has 1 saturated heterocycles. The van der Waals surface area contributed by atoms with Crippen molar-refractivity contribution < 1.29 is 4.74 Å². The fraction of sp³-hybridized carbons (Fsp3) is 0.400. The lowest BCUT2D eigenvalue weighted by molar-refractivity contribution is 0.259. The Morgan fingerprint density at radius 1 is 1.17 bits per heavy atom. The van der Waals surface area contributed by atoms with E-state index in [9.17, 15) is 0 Å². The second kappa shape index (κ2) is 5.27. The summed E-state index contributed by atoms with van der Waals surface area (Å²) in [6.07, 6.45) is 1.62. The monoisotopic (exact) mass is 308 g/mol. The maximum Gasteiger partial charge on any atom is 0.119 e. The van der Waals surface area contributed by atoms with Crippen LogP contribution in [0, 0.1) is 0 Å². The summed E-state index contributed by atoms with van der Waals surface area (Å²) >= 11 is 0. The second-order valence-electron chi connectivity index (χ2n) is 7.02. The van der Waals surface area contributed by atoms with E-state index >= 15 is 0 Å². The number of nitrogens with zero attached hydrogens (tertiary/aromatic N) is 2. The van der Waals surface area contributed by atoms with Crippen molar-refractivity contribution in [1.29, 1.82) is 0 Å². The third-order valence-electron chi connectivity index (χ3n) is 5.59. The Hall–Kier alpha value is -2.00. The molecule has 1 unspecified atom stereocenters. The summed E-state index contributed by atoms with van der Waals surface area (Å²) in [7, 11) is 4.00. The zero-order valence-corrected chi connectivity index (χ0v) is 14.1. The zero-order valence-electron chi connectivity index (χ0n) is 14.1. The molecule has 3 nitrogen and oxygen atoms in total. The highest BCUT2D eigenvalue weighted by Crippen LogP contribution is 2.52. The lowest BCUT2D eigenvalue weighted by atomic mass is 9.81. The summed E-state index contributed by atoms with van der Waals surface area (Å²) in [6, 6.07) is 17.3. The van der Waals surface area contributed by atoms with Crippen LogP contribution in [0.5, 0.6) is 5.75 Å². The third-order valence-corrected chi connectivity index (χ3v) is 5.59. The molecule has 0 saturated carbocycles. The summed E-state index contributed by atoms with van der Waals surface area (Å²) in [5, 5.41) is 0. The van der Waals surface area contributed by atoms with Crippen LogP contribution in [0.4, 0.5) is 5.69 Å². The van der Waals surface area contributed by atoms with Gasteiger partial charge in [0.05, 0.1) is 13.3 Å². The molecule has 2 heterocycles. The number of benzene rings is 2. The molecule has 0 aromatic heterocycles. The molecule has 2 aliphatic heterocycles. The largest absolute Gasteiger partial charge is 0.497 e. The van der Waals surface area contributed by atoms with Gasteiger partial charge in [0, 0.05) is 24.2 Å². The summed E-state index contributed by atoms with van der Waals surface area (Å²) in [6.45, 7) is 4.50. The van der Waals surface area contributed by atoms with Crippen LogP contribution < -0.4 is 9.64 Å². The Morgan fingerprint density at radius 3 is 2.70 bits per heavy atom. The summed E-state index contributed by atoms with van der Waals surface area (Å²) in [5.74, 6) is 0.958. The van der Waals surface area contributed by atoms with Crippen LogP contribution in [0.25, 0.3) is 0 Å². The lowest BCUT2D eigenvalue weighted by Crippen LogP contribution is -2.46. The normalized spacial score (nSPS) is 26.2. The second-order valence-corrected chi connectivity index (χ2v) is 7.02. The smallest absolute Gasteiger partial charge is 0.119 e. The molecule has 0 bridgehead atoms. The van der Waals surface area contributed by atoms with Gasteiger partial charge in [-0.2, -0.15) is 0 Å². The maximum atomic E-state index is 5.48. The fourth-order valence-electron chi connectivity index (χ4n) is 4.44.